The summed E-state index contributed by atoms with van der Waals surface area (Å²) in [7, 11) is -4.01. The highest BCUT2D eigenvalue weighted by Gasteiger charge is 2.23. The second-order valence-corrected chi connectivity index (χ2v) is 9.84. The normalized spacial score (nSPS) is 12.8. The maximum Gasteiger partial charge on any atom is 0.407 e. The van der Waals surface area contributed by atoms with Gasteiger partial charge >= 0.3 is 6.09 Å². The van der Waals surface area contributed by atoms with Gasteiger partial charge in [-0.2, -0.15) is 8.42 Å². The Hall–Kier alpha value is -2.71. The Balaban J connectivity index is 2.06. The minimum Gasteiger partial charge on any atom is -0.444 e. The van der Waals surface area contributed by atoms with Crippen LogP contribution in [0.4, 0.5) is 4.79 Å². The van der Waals surface area contributed by atoms with Gasteiger partial charge in [-0.15, -0.1) is 0 Å². The van der Waals surface area contributed by atoms with Crippen LogP contribution in [0.2, 0.25) is 0 Å². The fourth-order valence-corrected chi connectivity index (χ4v) is 3.64. The summed E-state index contributed by atoms with van der Waals surface area (Å²) in [5.74, 6) is -0.113. The van der Waals surface area contributed by atoms with E-state index in [-0.39, 0.29) is 30.1 Å². The molecular formula is C23H29NO6S. The summed E-state index contributed by atoms with van der Waals surface area (Å²) in [6.45, 7) is 6.69. The number of ketones is 1. The third kappa shape index (κ3) is 8.51. The summed E-state index contributed by atoms with van der Waals surface area (Å²) >= 11 is 0. The maximum absolute atomic E-state index is 12.5. The molecule has 2 aromatic carbocycles. The summed E-state index contributed by atoms with van der Waals surface area (Å²) in [6, 6.07) is 14.3. The predicted octanol–water partition coefficient (Wildman–Crippen LogP) is 4.26. The van der Waals surface area contributed by atoms with E-state index < -0.39 is 27.9 Å². The van der Waals surface area contributed by atoms with Gasteiger partial charge in [0.25, 0.3) is 10.1 Å². The quantitative estimate of drug-likeness (QED) is 0.456. The van der Waals surface area contributed by atoms with E-state index in [1.165, 1.54) is 12.1 Å². The number of rotatable bonds is 9. The fourth-order valence-electron chi connectivity index (χ4n) is 2.69. The lowest BCUT2D eigenvalue weighted by Crippen LogP contribution is -2.42. The van der Waals surface area contributed by atoms with E-state index in [0.717, 1.165) is 5.56 Å². The lowest BCUT2D eigenvalue weighted by atomic mass is 10.0. The van der Waals surface area contributed by atoms with Gasteiger partial charge in [0.1, 0.15) is 5.60 Å². The number of Topliss-reactive ketones (excluding diaryl/α,β-unsaturated/α-hetero) is 1. The molecule has 0 radical (unpaired) electrons. The zero-order valence-corrected chi connectivity index (χ0v) is 19.1. The number of carbonyl (C=O) groups excluding carboxylic acids is 2. The van der Waals surface area contributed by atoms with Gasteiger partial charge in [0.05, 0.1) is 17.5 Å². The summed E-state index contributed by atoms with van der Waals surface area (Å²) < 4.78 is 35.4. The highest BCUT2D eigenvalue weighted by Crippen LogP contribution is 2.15. The van der Waals surface area contributed by atoms with Gasteiger partial charge in [0.2, 0.25) is 0 Å². The van der Waals surface area contributed by atoms with Gasteiger partial charge in [-0.3, -0.25) is 8.98 Å². The second kappa shape index (κ2) is 10.5. The van der Waals surface area contributed by atoms with Crippen molar-refractivity contribution in [1.82, 2.24) is 5.32 Å². The Morgan fingerprint density at radius 2 is 1.61 bits per heavy atom. The molecular weight excluding hydrogens is 418 g/mol. The van der Waals surface area contributed by atoms with Crippen molar-refractivity contribution in [1.29, 1.82) is 0 Å². The average Bonchev–Trinajstić information content (AvgIpc) is 2.69. The molecule has 168 valence electrons. The van der Waals surface area contributed by atoms with Crippen LogP contribution in [0.1, 0.15) is 49.5 Å². The molecule has 1 N–H and O–H groups in total. The van der Waals surface area contributed by atoms with Crippen molar-refractivity contribution < 1.29 is 26.9 Å². The number of hydrogen-bond acceptors (Lipinski definition) is 6. The number of aryl methyl sites for hydroxylation is 1. The second-order valence-electron chi connectivity index (χ2n) is 8.22. The first-order valence-electron chi connectivity index (χ1n) is 10.0. The van der Waals surface area contributed by atoms with E-state index in [4.69, 9.17) is 8.92 Å². The number of hydrogen-bond donors (Lipinski definition) is 1. The van der Waals surface area contributed by atoms with Crippen molar-refractivity contribution in [3.05, 3.63) is 65.7 Å². The van der Waals surface area contributed by atoms with Gasteiger partial charge in [0, 0.05) is 12.0 Å². The molecule has 0 aliphatic rings. The molecule has 0 saturated heterocycles. The SMILES string of the molecule is Cc1ccc(S(=O)(=O)OCC(CCC(=O)c2ccccc2)NC(=O)OC(C)(C)C)cc1. The first-order chi connectivity index (χ1) is 14.5. The van der Waals surface area contributed by atoms with Crippen molar-refractivity contribution in [3.63, 3.8) is 0 Å². The van der Waals surface area contributed by atoms with Gasteiger partial charge < -0.3 is 10.1 Å². The van der Waals surface area contributed by atoms with E-state index in [2.05, 4.69) is 5.32 Å². The van der Waals surface area contributed by atoms with Crippen LogP contribution in [-0.2, 0) is 19.0 Å². The molecule has 2 rings (SSSR count). The topological polar surface area (TPSA) is 98.8 Å². The van der Waals surface area contributed by atoms with Crippen molar-refractivity contribution in [2.75, 3.05) is 6.61 Å². The minimum atomic E-state index is -4.01. The molecule has 0 bridgehead atoms. The molecule has 1 amide bonds. The summed E-state index contributed by atoms with van der Waals surface area (Å²) in [4.78, 5) is 24.6. The van der Waals surface area contributed by atoms with Crippen LogP contribution >= 0.6 is 0 Å². The van der Waals surface area contributed by atoms with E-state index in [0.29, 0.717) is 5.56 Å². The number of alkyl carbamates (subject to hydrolysis) is 1. The van der Waals surface area contributed by atoms with Crippen molar-refractivity contribution in [3.8, 4) is 0 Å². The van der Waals surface area contributed by atoms with E-state index in [1.54, 1.807) is 57.2 Å². The zero-order valence-electron chi connectivity index (χ0n) is 18.3. The van der Waals surface area contributed by atoms with Crippen LogP contribution < -0.4 is 5.32 Å². The third-order valence-electron chi connectivity index (χ3n) is 4.27. The van der Waals surface area contributed by atoms with Gasteiger partial charge in [0.15, 0.2) is 5.78 Å². The molecule has 8 heteroatoms. The molecule has 0 fully saturated rings. The zero-order chi connectivity index (χ0) is 23.1. The fraction of sp³-hybridized carbons (Fsp3) is 0.391. The average molecular weight is 448 g/mol. The first-order valence-corrected chi connectivity index (χ1v) is 11.4. The Morgan fingerprint density at radius 3 is 2.19 bits per heavy atom. The molecule has 7 nitrogen and oxygen atoms in total. The molecule has 0 saturated carbocycles. The summed E-state index contributed by atoms with van der Waals surface area (Å²) in [5.41, 5.74) is 0.748. The van der Waals surface area contributed by atoms with Crippen LogP contribution in [0.25, 0.3) is 0 Å². The van der Waals surface area contributed by atoms with Crippen LogP contribution in [-0.4, -0.2) is 38.5 Å². The molecule has 0 heterocycles. The number of nitrogens with one attached hydrogen (secondary N) is 1. The molecule has 0 aromatic heterocycles. The predicted molar refractivity (Wildman–Crippen MR) is 117 cm³/mol. The van der Waals surface area contributed by atoms with Crippen molar-refractivity contribution in [2.24, 2.45) is 0 Å². The van der Waals surface area contributed by atoms with Crippen LogP contribution in [0.3, 0.4) is 0 Å². The number of benzene rings is 2. The van der Waals surface area contributed by atoms with E-state index >= 15 is 0 Å². The number of carbonyl (C=O) groups is 2. The Labute approximate surface area is 183 Å². The lowest BCUT2D eigenvalue weighted by Gasteiger charge is -2.23. The molecule has 31 heavy (non-hydrogen) atoms. The van der Waals surface area contributed by atoms with Crippen molar-refractivity contribution in [2.45, 2.75) is 57.1 Å². The van der Waals surface area contributed by atoms with E-state index in [1.807, 2.05) is 13.0 Å². The van der Waals surface area contributed by atoms with Gasteiger partial charge in [-0.25, -0.2) is 4.79 Å². The van der Waals surface area contributed by atoms with Crippen molar-refractivity contribution >= 4 is 22.0 Å². The minimum absolute atomic E-state index is 0.0227. The molecule has 0 aliphatic heterocycles. The van der Waals surface area contributed by atoms with Crippen LogP contribution in [0.15, 0.2) is 59.5 Å². The maximum atomic E-state index is 12.5. The number of amides is 1. The van der Waals surface area contributed by atoms with Crippen LogP contribution in [0, 0.1) is 6.92 Å². The van der Waals surface area contributed by atoms with Gasteiger partial charge in [-0.1, -0.05) is 48.0 Å². The highest BCUT2D eigenvalue weighted by molar-refractivity contribution is 7.86. The lowest BCUT2D eigenvalue weighted by molar-refractivity contribution is 0.0482. The molecule has 1 atom stereocenters. The van der Waals surface area contributed by atoms with Gasteiger partial charge in [-0.05, 0) is 46.2 Å². The summed E-state index contributed by atoms with van der Waals surface area (Å²) in [5, 5.41) is 2.61. The summed E-state index contributed by atoms with van der Waals surface area (Å²) in [6.07, 6.45) is -0.407. The Morgan fingerprint density at radius 1 is 1.00 bits per heavy atom. The third-order valence-corrected chi connectivity index (χ3v) is 5.57. The highest BCUT2D eigenvalue weighted by atomic mass is 32.2. The van der Waals surface area contributed by atoms with E-state index in [9.17, 15) is 18.0 Å². The first kappa shape index (κ1) is 24.6. The molecule has 0 spiro atoms. The molecule has 1 unspecified atom stereocenters. The largest absolute Gasteiger partial charge is 0.444 e. The molecule has 0 aliphatic carbocycles. The smallest absolute Gasteiger partial charge is 0.407 e. The standard InChI is InChI=1S/C23H29NO6S/c1-17-10-13-20(14-11-17)31(27,28)29-16-19(24-22(26)30-23(2,3)4)12-15-21(25)18-8-6-5-7-9-18/h5-11,13-14,19H,12,15-16H2,1-4H3,(H,24,26). The Bertz CT molecular complexity index is 979. The Kier molecular flexibility index (Phi) is 8.36. The monoisotopic (exact) mass is 447 g/mol. The number of ether oxygens (including phenoxy) is 1. The van der Waals surface area contributed by atoms with Crippen LogP contribution in [0.5, 0.6) is 0 Å². The molecule has 2 aromatic rings.